The van der Waals surface area contributed by atoms with E-state index in [0.717, 1.165) is 19.3 Å². The van der Waals surface area contributed by atoms with Gasteiger partial charge in [0.2, 0.25) is 0 Å². The van der Waals surface area contributed by atoms with Crippen LogP contribution in [0.3, 0.4) is 0 Å². The minimum atomic E-state index is -0.744. The summed E-state index contributed by atoms with van der Waals surface area (Å²) in [7, 11) is 0. The van der Waals surface area contributed by atoms with Crippen molar-refractivity contribution in [2.75, 3.05) is 6.61 Å². The Kier molecular flexibility index (Phi) is 6.75. The fraction of sp³-hybridized carbons (Fsp3) is 0.846. The van der Waals surface area contributed by atoms with E-state index in [1.165, 1.54) is 12.5 Å². The highest BCUT2D eigenvalue weighted by Crippen LogP contribution is 2.57. The fourth-order valence-corrected chi connectivity index (χ4v) is 6.88. The van der Waals surface area contributed by atoms with Gasteiger partial charge in [0.05, 0.1) is 18.8 Å². The highest BCUT2D eigenvalue weighted by atomic mass is 16.6. The predicted octanol–water partition coefficient (Wildman–Crippen LogP) is 4.45. The highest BCUT2D eigenvalue weighted by Gasteiger charge is 2.65. The third-order valence-electron chi connectivity index (χ3n) is 8.45. The van der Waals surface area contributed by atoms with Crippen molar-refractivity contribution in [1.29, 1.82) is 0 Å². The van der Waals surface area contributed by atoms with Crippen LogP contribution in [0, 0.1) is 29.6 Å². The second-order valence-electron chi connectivity index (χ2n) is 10.9. The quantitative estimate of drug-likeness (QED) is 0.467. The maximum atomic E-state index is 12.6. The number of carbonyl (C=O) groups is 2. The average molecular weight is 449 g/mol. The lowest BCUT2D eigenvalue weighted by molar-refractivity contribution is -0.200. The van der Waals surface area contributed by atoms with E-state index in [2.05, 4.69) is 33.8 Å². The van der Waals surface area contributed by atoms with Crippen LogP contribution in [0.4, 0.5) is 0 Å². The van der Waals surface area contributed by atoms with Crippen LogP contribution in [0.5, 0.6) is 0 Å². The molecule has 32 heavy (non-hydrogen) atoms. The number of carbonyl (C=O) groups excluding carboxylic acids is 2. The summed E-state index contributed by atoms with van der Waals surface area (Å²) >= 11 is 0. The van der Waals surface area contributed by atoms with Gasteiger partial charge in [-0.3, -0.25) is 9.59 Å². The SMILES string of the molecule is CCCC(=O)OC1C(C)CC2C(C)COC3(C)C(OC(C)=O)C/C=C(/C)CC4OC3C2C41. The van der Waals surface area contributed by atoms with Crippen LogP contribution in [-0.4, -0.2) is 48.6 Å². The largest absolute Gasteiger partial charge is 0.462 e. The van der Waals surface area contributed by atoms with Crippen molar-refractivity contribution in [3.63, 3.8) is 0 Å². The van der Waals surface area contributed by atoms with E-state index in [-0.39, 0.29) is 48.0 Å². The maximum absolute atomic E-state index is 12.6. The second kappa shape index (κ2) is 9.09. The van der Waals surface area contributed by atoms with Crippen LogP contribution in [0.2, 0.25) is 0 Å². The first-order chi connectivity index (χ1) is 15.2. The molecule has 3 heterocycles. The molecule has 180 valence electrons. The van der Waals surface area contributed by atoms with Crippen molar-refractivity contribution in [3.05, 3.63) is 11.6 Å². The van der Waals surface area contributed by atoms with Crippen molar-refractivity contribution in [2.45, 2.75) is 104 Å². The third kappa shape index (κ3) is 4.13. The van der Waals surface area contributed by atoms with Gasteiger partial charge in [-0.2, -0.15) is 0 Å². The molecule has 4 aliphatic rings. The summed E-state index contributed by atoms with van der Waals surface area (Å²) in [5.74, 6) is 0.984. The molecule has 10 atom stereocenters. The van der Waals surface area contributed by atoms with E-state index in [9.17, 15) is 9.59 Å². The molecule has 0 aromatic carbocycles. The summed E-state index contributed by atoms with van der Waals surface area (Å²) in [6, 6.07) is 0. The molecule has 2 bridgehead atoms. The standard InChI is InChI=1S/C26H40O6/c1-7-8-21(28)32-24-15(3)12-18-16(4)13-29-26(6)20(30-17(5)27)10-9-14(2)11-19-23(24)22(18)25(26)31-19/h9,15-16,18-20,22-25H,7-8,10-13H2,1-6H3/b14-9-. The molecule has 3 aliphatic heterocycles. The molecule has 0 spiro atoms. The Labute approximate surface area is 192 Å². The van der Waals surface area contributed by atoms with Crippen molar-refractivity contribution < 1.29 is 28.5 Å². The molecule has 0 radical (unpaired) electrons. The van der Waals surface area contributed by atoms with Crippen molar-refractivity contribution in [3.8, 4) is 0 Å². The summed E-state index contributed by atoms with van der Waals surface area (Å²) in [5, 5.41) is 0. The Morgan fingerprint density at radius 3 is 2.62 bits per heavy atom. The lowest BCUT2D eigenvalue weighted by Gasteiger charge is -2.47. The van der Waals surface area contributed by atoms with Crippen LogP contribution in [0.1, 0.15) is 73.6 Å². The van der Waals surface area contributed by atoms with E-state index < -0.39 is 11.7 Å². The first-order valence-electron chi connectivity index (χ1n) is 12.5. The number of fused-ring (bicyclic) bond motifs is 2. The number of rotatable bonds is 4. The van der Waals surface area contributed by atoms with E-state index in [1.807, 2.05) is 6.92 Å². The lowest BCUT2D eigenvalue weighted by atomic mass is 9.59. The average Bonchev–Trinajstić information content (AvgIpc) is 3.07. The van der Waals surface area contributed by atoms with Gasteiger partial charge in [-0.05, 0) is 50.9 Å². The summed E-state index contributed by atoms with van der Waals surface area (Å²) in [6.45, 7) is 12.7. The highest BCUT2D eigenvalue weighted by molar-refractivity contribution is 5.69. The second-order valence-corrected chi connectivity index (χ2v) is 10.9. The first kappa shape index (κ1) is 23.7. The molecule has 1 aliphatic carbocycles. The molecule has 3 fully saturated rings. The summed E-state index contributed by atoms with van der Waals surface area (Å²) < 4.78 is 25.5. The lowest BCUT2D eigenvalue weighted by Crippen LogP contribution is -2.57. The van der Waals surface area contributed by atoms with E-state index >= 15 is 0 Å². The van der Waals surface area contributed by atoms with Gasteiger partial charge in [0.25, 0.3) is 0 Å². The molecule has 1 saturated carbocycles. The van der Waals surface area contributed by atoms with Gasteiger partial charge in [-0.15, -0.1) is 0 Å². The minimum Gasteiger partial charge on any atom is -0.462 e. The Balaban J connectivity index is 1.78. The Bertz CT molecular complexity index is 761. The molecule has 6 heteroatoms. The first-order valence-corrected chi connectivity index (χ1v) is 12.5. The van der Waals surface area contributed by atoms with Gasteiger partial charge in [-0.1, -0.05) is 32.4 Å². The minimum absolute atomic E-state index is 0.0322. The third-order valence-corrected chi connectivity index (χ3v) is 8.45. The van der Waals surface area contributed by atoms with Gasteiger partial charge in [0.1, 0.15) is 17.8 Å². The van der Waals surface area contributed by atoms with Gasteiger partial charge in [-0.25, -0.2) is 0 Å². The molecule has 10 unspecified atom stereocenters. The molecule has 4 rings (SSSR count). The normalized spacial score (nSPS) is 47.2. The molecule has 6 nitrogen and oxygen atoms in total. The van der Waals surface area contributed by atoms with Gasteiger partial charge in [0, 0.05) is 31.6 Å². The van der Waals surface area contributed by atoms with Crippen LogP contribution >= 0.6 is 0 Å². The molecule has 0 amide bonds. The fourth-order valence-electron chi connectivity index (χ4n) is 6.88. The van der Waals surface area contributed by atoms with Crippen molar-refractivity contribution in [1.82, 2.24) is 0 Å². The molecule has 0 aromatic heterocycles. The zero-order chi connectivity index (χ0) is 23.2. The van der Waals surface area contributed by atoms with E-state index in [4.69, 9.17) is 18.9 Å². The Morgan fingerprint density at radius 2 is 1.94 bits per heavy atom. The van der Waals surface area contributed by atoms with Crippen LogP contribution < -0.4 is 0 Å². The molecule has 0 aromatic rings. The van der Waals surface area contributed by atoms with E-state index in [1.54, 1.807) is 0 Å². The van der Waals surface area contributed by atoms with Crippen LogP contribution in [0.15, 0.2) is 11.6 Å². The van der Waals surface area contributed by atoms with Crippen molar-refractivity contribution >= 4 is 11.9 Å². The molecule has 0 N–H and O–H groups in total. The molecular formula is C26H40O6. The topological polar surface area (TPSA) is 71.1 Å². The number of ether oxygens (including phenoxy) is 4. The zero-order valence-electron chi connectivity index (χ0n) is 20.5. The Morgan fingerprint density at radius 1 is 1.19 bits per heavy atom. The Hall–Kier alpha value is -1.40. The van der Waals surface area contributed by atoms with E-state index in [0.29, 0.717) is 31.3 Å². The number of hydrogen-bond acceptors (Lipinski definition) is 6. The maximum Gasteiger partial charge on any atom is 0.306 e. The predicted molar refractivity (Wildman–Crippen MR) is 120 cm³/mol. The van der Waals surface area contributed by atoms with Gasteiger partial charge in [0.15, 0.2) is 0 Å². The van der Waals surface area contributed by atoms with Crippen LogP contribution in [-0.2, 0) is 28.5 Å². The number of hydrogen-bond donors (Lipinski definition) is 0. The monoisotopic (exact) mass is 448 g/mol. The van der Waals surface area contributed by atoms with Gasteiger partial charge < -0.3 is 18.9 Å². The molecular weight excluding hydrogens is 408 g/mol. The number of esters is 2. The van der Waals surface area contributed by atoms with Crippen molar-refractivity contribution in [2.24, 2.45) is 29.6 Å². The zero-order valence-corrected chi connectivity index (χ0v) is 20.5. The van der Waals surface area contributed by atoms with Crippen LogP contribution in [0.25, 0.3) is 0 Å². The summed E-state index contributed by atoms with van der Waals surface area (Å²) in [4.78, 5) is 24.6. The molecule has 2 saturated heterocycles. The summed E-state index contributed by atoms with van der Waals surface area (Å²) in [6.07, 6.45) is 5.02. The van der Waals surface area contributed by atoms with Gasteiger partial charge >= 0.3 is 11.9 Å². The smallest absolute Gasteiger partial charge is 0.306 e. The summed E-state index contributed by atoms with van der Waals surface area (Å²) in [5.41, 5.74) is 0.475.